The van der Waals surface area contributed by atoms with Crippen molar-refractivity contribution in [2.75, 3.05) is 13.1 Å². The van der Waals surface area contributed by atoms with Crippen LogP contribution in [0.25, 0.3) is 0 Å². The first-order valence-electron chi connectivity index (χ1n) is 5.80. The van der Waals surface area contributed by atoms with Crippen LogP contribution in [0.1, 0.15) is 18.4 Å². The lowest BCUT2D eigenvalue weighted by Gasteiger charge is -2.33. The predicted octanol–water partition coefficient (Wildman–Crippen LogP) is 2.30. The second-order valence-corrected chi connectivity index (χ2v) is 4.45. The molecule has 106 valence electrons. The number of hydrogen-bond acceptors (Lipinski definition) is 3. The Labute approximate surface area is 107 Å². The first kappa shape index (κ1) is 14.1. The number of hydrogen-bond donors (Lipinski definition) is 2. The molecule has 3 nitrogen and oxygen atoms in total. The van der Waals surface area contributed by atoms with Crippen molar-refractivity contribution in [1.29, 1.82) is 0 Å². The SMILES string of the molecule is OC1(c2cccc(OC(F)(F)F)c2F)CCNCC1. The molecular weight excluding hydrogens is 266 g/mol. The fourth-order valence-electron chi connectivity index (χ4n) is 2.18. The van der Waals surface area contributed by atoms with Gasteiger partial charge in [0.05, 0.1) is 5.60 Å². The van der Waals surface area contributed by atoms with E-state index in [0.717, 1.165) is 6.07 Å². The van der Waals surface area contributed by atoms with E-state index in [0.29, 0.717) is 13.1 Å². The number of ether oxygens (including phenoxy) is 1. The van der Waals surface area contributed by atoms with Gasteiger partial charge >= 0.3 is 6.36 Å². The molecule has 0 radical (unpaired) electrons. The third-order valence-electron chi connectivity index (χ3n) is 3.12. The number of aliphatic hydroxyl groups is 1. The van der Waals surface area contributed by atoms with Crippen molar-refractivity contribution in [2.24, 2.45) is 0 Å². The zero-order chi connectivity index (χ0) is 14.1. The number of halogens is 4. The number of alkyl halides is 3. The van der Waals surface area contributed by atoms with Gasteiger partial charge in [-0.2, -0.15) is 0 Å². The molecule has 1 aliphatic heterocycles. The molecule has 1 aromatic carbocycles. The van der Waals surface area contributed by atoms with Crippen molar-refractivity contribution in [3.63, 3.8) is 0 Å². The van der Waals surface area contributed by atoms with Crippen molar-refractivity contribution in [3.8, 4) is 5.75 Å². The molecular formula is C12H13F4NO2. The first-order valence-corrected chi connectivity index (χ1v) is 5.80. The summed E-state index contributed by atoms with van der Waals surface area (Å²) in [4.78, 5) is 0. The molecule has 0 spiro atoms. The molecule has 0 bridgehead atoms. The summed E-state index contributed by atoms with van der Waals surface area (Å²) in [5.74, 6) is -2.08. The highest BCUT2D eigenvalue weighted by molar-refractivity contribution is 5.35. The van der Waals surface area contributed by atoms with Gasteiger partial charge in [0.15, 0.2) is 11.6 Å². The van der Waals surface area contributed by atoms with Crippen LogP contribution in [0.3, 0.4) is 0 Å². The second-order valence-electron chi connectivity index (χ2n) is 4.45. The Bertz CT molecular complexity index is 456. The predicted molar refractivity (Wildman–Crippen MR) is 59.1 cm³/mol. The van der Waals surface area contributed by atoms with E-state index in [1.807, 2.05) is 0 Å². The van der Waals surface area contributed by atoms with Gasteiger partial charge in [-0.3, -0.25) is 0 Å². The quantitative estimate of drug-likeness (QED) is 0.816. The molecule has 1 saturated heterocycles. The van der Waals surface area contributed by atoms with E-state index >= 15 is 0 Å². The van der Waals surface area contributed by atoms with Crippen molar-refractivity contribution >= 4 is 0 Å². The summed E-state index contributed by atoms with van der Waals surface area (Å²) in [5.41, 5.74) is -1.61. The first-order chi connectivity index (χ1) is 8.82. The van der Waals surface area contributed by atoms with E-state index in [2.05, 4.69) is 10.1 Å². The fourth-order valence-corrected chi connectivity index (χ4v) is 2.18. The van der Waals surface area contributed by atoms with Crippen LogP contribution in [0.2, 0.25) is 0 Å². The molecule has 1 aliphatic rings. The Balaban J connectivity index is 2.34. The topological polar surface area (TPSA) is 41.5 Å². The highest BCUT2D eigenvalue weighted by Gasteiger charge is 2.37. The molecule has 0 aromatic heterocycles. The summed E-state index contributed by atoms with van der Waals surface area (Å²) < 4.78 is 54.0. The van der Waals surface area contributed by atoms with Crippen LogP contribution in [0, 0.1) is 5.82 Å². The molecule has 0 aliphatic carbocycles. The Hall–Kier alpha value is -1.34. The van der Waals surface area contributed by atoms with Gasteiger partial charge < -0.3 is 15.2 Å². The Morgan fingerprint density at radius 3 is 2.42 bits per heavy atom. The van der Waals surface area contributed by atoms with Gasteiger partial charge in [-0.1, -0.05) is 12.1 Å². The van der Waals surface area contributed by atoms with Gasteiger partial charge in [-0.15, -0.1) is 13.2 Å². The van der Waals surface area contributed by atoms with E-state index in [1.165, 1.54) is 12.1 Å². The summed E-state index contributed by atoms with van der Waals surface area (Å²) in [5, 5.41) is 13.3. The van der Waals surface area contributed by atoms with Crippen LogP contribution in [-0.4, -0.2) is 24.6 Å². The maximum Gasteiger partial charge on any atom is 0.573 e. The zero-order valence-electron chi connectivity index (χ0n) is 9.93. The number of benzene rings is 1. The van der Waals surface area contributed by atoms with Crippen LogP contribution in [0.15, 0.2) is 18.2 Å². The van der Waals surface area contributed by atoms with Gasteiger partial charge in [0, 0.05) is 5.56 Å². The average molecular weight is 279 g/mol. The lowest BCUT2D eigenvalue weighted by molar-refractivity contribution is -0.275. The molecule has 19 heavy (non-hydrogen) atoms. The van der Waals surface area contributed by atoms with E-state index < -0.39 is 23.5 Å². The lowest BCUT2D eigenvalue weighted by atomic mass is 9.84. The van der Waals surface area contributed by atoms with Crippen molar-refractivity contribution in [2.45, 2.75) is 24.8 Å². The third-order valence-corrected chi connectivity index (χ3v) is 3.12. The smallest absolute Gasteiger partial charge is 0.403 e. The molecule has 1 fully saturated rings. The summed E-state index contributed by atoms with van der Waals surface area (Å²) >= 11 is 0. The molecule has 2 rings (SSSR count). The van der Waals surface area contributed by atoms with Crippen molar-refractivity contribution in [1.82, 2.24) is 5.32 Å². The molecule has 2 N–H and O–H groups in total. The van der Waals surface area contributed by atoms with Gasteiger partial charge in [0.2, 0.25) is 0 Å². The van der Waals surface area contributed by atoms with Crippen LogP contribution in [0.4, 0.5) is 17.6 Å². The van der Waals surface area contributed by atoms with Crippen molar-refractivity contribution in [3.05, 3.63) is 29.6 Å². The zero-order valence-corrected chi connectivity index (χ0v) is 9.93. The van der Waals surface area contributed by atoms with Crippen LogP contribution in [0.5, 0.6) is 5.75 Å². The summed E-state index contributed by atoms with van der Waals surface area (Å²) in [6.45, 7) is 0.945. The minimum Gasteiger partial charge on any atom is -0.403 e. The monoisotopic (exact) mass is 279 g/mol. The molecule has 1 heterocycles. The minimum atomic E-state index is -4.96. The Morgan fingerprint density at radius 1 is 1.21 bits per heavy atom. The normalized spacial score (nSPS) is 19.2. The summed E-state index contributed by atoms with van der Waals surface area (Å²) in [6.07, 6.45) is -4.49. The van der Waals surface area contributed by atoms with E-state index in [1.54, 1.807) is 0 Å². The van der Waals surface area contributed by atoms with Gasteiger partial charge in [0.25, 0.3) is 0 Å². The van der Waals surface area contributed by atoms with Crippen molar-refractivity contribution < 1.29 is 27.4 Å². The molecule has 1 aromatic rings. The average Bonchev–Trinajstić information content (AvgIpc) is 2.31. The molecule has 0 saturated carbocycles. The summed E-state index contributed by atoms with van der Waals surface area (Å²) in [7, 11) is 0. The van der Waals surface area contributed by atoms with E-state index in [9.17, 15) is 22.7 Å². The highest BCUT2D eigenvalue weighted by atomic mass is 19.4. The fraction of sp³-hybridized carbons (Fsp3) is 0.500. The maximum atomic E-state index is 14.0. The largest absolute Gasteiger partial charge is 0.573 e. The van der Waals surface area contributed by atoms with Gasteiger partial charge in [-0.25, -0.2) is 4.39 Å². The molecule has 0 unspecified atom stereocenters. The molecule has 7 heteroatoms. The Morgan fingerprint density at radius 2 is 1.84 bits per heavy atom. The van der Waals surface area contributed by atoms with Gasteiger partial charge in [0.1, 0.15) is 0 Å². The van der Waals surface area contributed by atoms with Crippen LogP contribution < -0.4 is 10.1 Å². The summed E-state index contributed by atoms with van der Waals surface area (Å²) in [6, 6.07) is 3.40. The highest BCUT2D eigenvalue weighted by Crippen LogP contribution is 2.36. The Kier molecular flexibility index (Phi) is 3.69. The number of rotatable bonds is 2. The second kappa shape index (κ2) is 4.97. The molecule has 0 amide bonds. The number of nitrogens with one attached hydrogen (secondary N) is 1. The van der Waals surface area contributed by atoms with Gasteiger partial charge in [-0.05, 0) is 32.0 Å². The van der Waals surface area contributed by atoms with E-state index in [-0.39, 0.29) is 18.4 Å². The standard InChI is InChI=1S/C12H13F4NO2/c13-10-8(11(18)4-6-17-7-5-11)2-1-3-9(10)19-12(14,15)16/h1-3,17-18H,4-7H2. The van der Waals surface area contributed by atoms with Crippen LogP contribution in [-0.2, 0) is 5.60 Å². The van der Waals surface area contributed by atoms with Crippen LogP contribution >= 0.6 is 0 Å². The lowest BCUT2D eigenvalue weighted by Crippen LogP contribution is -2.40. The minimum absolute atomic E-state index is 0.157. The number of piperidine rings is 1. The molecule has 0 atom stereocenters. The van der Waals surface area contributed by atoms with E-state index in [4.69, 9.17) is 0 Å². The third kappa shape index (κ3) is 3.16. The maximum absolute atomic E-state index is 14.0.